The zero-order chi connectivity index (χ0) is 23.6. The van der Waals surface area contributed by atoms with Crippen LogP contribution in [0.4, 0.5) is 23.4 Å². The van der Waals surface area contributed by atoms with Gasteiger partial charge in [0.25, 0.3) is 0 Å². The molecule has 2 heterocycles. The second-order valence-corrected chi connectivity index (χ2v) is 7.33. The molecule has 2 N–H and O–H groups in total. The van der Waals surface area contributed by atoms with Gasteiger partial charge in [-0.25, -0.2) is 13.9 Å². The highest BCUT2D eigenvalue weighted by molar-refractivity contribution is 5.83. The first kappa shape index (κ1) is 22.0. The van der Waals surface area contributed by atoms with Crippen molar-refractivity contribution in [3.05, 3.63) is 94.6 Å². The van der Waals surface area contributed by atoms with Gasteiger partial charge in [-0.3, -0.25) is 4.79 Å². The fourth-order valence-corrected chi connectivity index (χ4v) is 3.20. The number of ketones is 1. The Kier molecular flexibility index (Phi) is 5.84. The summed E-state index contributed by atoms with van der Waals surface area (Å²) in [5, 5.41) is 4.29. The van der Waals surface area contributed by atoms with Gasteiger partial charge >= 0.3 is 6.18 Å². The van der Waals surface area contributed by atoms with E-state index in [4.69, 9.17) is 5.73 Å². The van der Waals surface area contributed by atoms with Crippen molar-refractivity contribution >= 4 is 17.2 Å². The lowest BCUT2D eigenvalue weighted by Gasteiger charge is -2.09. The van der Waals surface area contributed by atoms with Gasteiger partial charge in [-0.05, 0) is 59.5 Å². The minimum Gasteiger partial charge on any atom is -0.382 e. The summed E-state index contributed by atoms with van der Waals surface area (Å²) in [6.07, 6.45) is -3.48. The standard InChI is InChI=1S/C24H16F4N4O/c25-21-9-6-18(24(26,27)28)12-17(21)13-20(33)11-16-3-1-15(2-4-16)5-7-19-8-10-23-30-22(29)14-32(23)31-19/h1-4,6,8-10,12,14H,11,13,29H2. The smallest absolute Gasteiger partial charge is 0.382 e. The van der Waals surface area contributed by atoms with Crippen LogP contribution in [-0.2, 0) is 23.8 Å². The fourth-order valence-electron chi connectivity index (χ4n) is 3.20. The molecule has 9 heteroatoms. The summed E-state index contributed by atoms with van der Waals surface area (Å²) in [5.74, 6) is 5.01. The Balaban J connectivity index is 1.42. The second-order valence-electron chi connectivity index (χ2n) is 7.33. The average Bonchev–Trinajstić information content (AvgIpc) is 3.13. The lowest BCUT2D eigenvalue weighted by Crippen LogP contribution is -2.11. The average molecular weight is 452 g/mol. The van der Waals surface area contributed by atoms with Crippen molar-refractivity contribution in [1.29, 1.82) is 0 Å². The van der Waals surface area contributed by atoms with E-state index in [0.29, 0.717) is 40.4 Å². The van der Waals surface area contributed by atoms with Crippen LogP contribution < -0.4 is 5.73 Å². The lowest BCUT2D eigenvalue weighted by molar-refractivity contribution is -0.137. The van der Waals surface area contributed by atoms with Gasteiger partial charge < -0.3 is 5.73 Å². The number of nitrogens with zero attached hydrogens (tertiary/aromatic N) is 3. The summed E-state index contributed by atoms with van der Waals surface area (Å²) in [5.41, 5.74) is 6.82. The SMILES string of the molecule is Nc1cn2nc(C#Cc3ccc(CC(=O)Cc4cc(C(F)(F)F)ccc4F)cc3)ccc2n1. The number of aromatic nitrogens is 3. The van der Waals surface area contributed by atoms with Gasteiger partial charge in [-0.1, -0.05) is 18.1 Å². The topological polar surface area (TPSA) is 73.3 Å². The Morgan fingerprint density at radius 3 is 2.48 bits per heavy atom. The highest BCUT2D eigenvalue weighted by Crippen LogP contribution is 2.30. The van der Waals surface area contributed by atoms with Crippen LogP contribution in [0.25, 0.3) is 5.65 Å². The molecule has 0 saturated heterocycles. The molecule has 4 aromatic rings. The molecule has 2 aromatic carbocycles. The van der Waals surface area contributed by atoms with Crippen LogP contribution in [0, 0.1) is 17.7 Å². The number of halogens is 4. The Labute approximate surface area is 185 Å². The highest BCUT2D eigenvalue weighted by Gasteiger charge is 2.31. The predicted molar refractivity (Wildman–Crippen MR) is 114 cm³/mol. The minimum atomic E-state index is -4.60. The maximum atomic E-state index is 13.9. The van der Waals surface area contributed by atoms with E-state index in [1.54, 1.807) is 42.6 Å². The minimum absolute atomic E-state index is 0.0380. The number of carbonyl (C=O) groups is 1. The molecule has 0 atom stereocenters. The van der Waals surface area contributed by atoms with E-state index in [-0.39, 0.29) is 12.0 Å². The van der Waals surface area contributed by atoms with Gasteiger partial charge in [0.2, 0.25) is 0 Å². The summed E-state index contributed by atoms with van der Waals surface area (Å²) < 4.78 is 53.9. The molecule has 0 aliphatic carbocycles. The Bertz CT molecular complexity index is 1400. The second kappa shape index (κ2) is 8.74. The molecule has 0 aliphatic rings. The quantitative estimate of drug-likeness (QED) is 0.372. The molecule has 0 fully saturated rings. The fraction of sp³-hybridized carbons (Fsp3) is 0.125. The maximum absolute atomic E-state index is 13.9. The first-order chi connectivity index (χ1) is 15.7. The number of nitrogen functional groups attached to an aromatic ring is 1. The number of anilines is 1. The van der Waals surface area contributed by atoms with Crippen molar-refractivity contribution < 1.29 is 22.4 Å². The van der Waals surface area contributed by atoms with Crippen LogP contribution >= 0.6 is 0 Å². The molecular weight excluding hydrogens is 436 g/mol. The summed E-state index contributed by atoms with van der Waals surface area (Å²) in [6, 6.07) is 12.3. The summed E-state index contributed by atoms with van der Waals surface area (Å²) >= 11 is 0. The first-order valence-electron chi connectivity index (χ1n) is 9.77. The van der Waals surface area contributed by atoms with Gasteiger partial charge in [0.1, 0.15) is 23.1 Å². The third-order valence-electron chi connectivity index (χ3n) is 4.79. The molecule has 5 nitrogen and oxygen atoms in total. The predicted octanol–water partition coefficient (Wildman–Crippen LogP) is 4.22. The number of nitrogens with two attached hydrogens (primary N) is 1. The zero-order valence-corrected chi connectivity index (χ0v) is 17.0. The largest absolute Gasteiger partial charge is 0.416 e. The van der Waals surface area contributed by atoms with Crippen molar-refractivity contribution in [2.75, 3.05) is 5.73 Å². The van der Waals surface area contributed by atoms with Gasteiger partial charge in [-0.15, -0.1) is 0 Å². The zero-order valence-electron chi connectivity index (χ0n) is 17.0. The van der Waals surface area contributed by atoms with Crippen LogP contribution in [0.1, 0.15) is 27.9 Å². The van der Waals surface area contributed by atoms with Crippen LogP contribution in [0.3, 0.4) is 0 Å². The number of hydrogen-bond acceptors (Lipinski definition) is 4. The van der Waals surface area contributed by atoms with Crippen LogP contribution in [0.2, 0.25) is 0 Å². The molecule has 4 rings (SSSR count). The van der Waals surface area contributed by atoms with E-state index in [9.17, 15) is 22.4 Å². The first-order valence-corrected chi connectivity index (χ1v) is 9.77. The summed E-state index contributed by atoms with van der Waals surface area (Å²) in [6.45, 7) is 0. The molecule has 0 radical (unpaired) electrons. The number of imidazole rings is 1. The van der Waals surface area contributed by atoms with Crippen molar-refractivity contribution in [3.8, 4) is 11.8 Å². The molecule has 166 valence electrons. The van der Waals surface area contributed by atoms with E-state index in [2.05, 4.69) is 21.9 Å². The molecule has 0 saturated carbocycles. The highest BCUT2D eigenvalue weighted by atomic mass is 19.4. The van der Waals surface area contributed by atoms with Crippen LogP contribution in [-0.4, -0.2) is 20.4 Å². The van der Waals surface area contributed by atoms with Crippen molar-refractivity contribution in [1.82, 2.24) is 14.6 Å². The van der Waals surface area contributed by atoms with E-state index in [1.165, 1.54) is 4.52 Å². The van der Waals surface area contributed by atoms with Crippen molar-refractivity contribution in [2.24, 2.45) is 0 Å². The Hall–Kier alpha value is -4.19. The van der Waals surface area contributed by atoms with E-state index < -0.39 is 29.8 Å². The van der Waals surface area contributed by atoms with Gasteiger partial charge in [0.05, 0.1) is 11.8 Å². The van der Waals surface area contributed by atoms with Crippen molar-refractivity contribution in [3.63, 3.8) is 0 Å². The third-order valence-corrected chi connectivity index (χ3v) is 4.79. The molecule has 2 aromatic heterocycles. The number of benzene rings is 2. The third kappa shape index (κ3) is 5.36. The number of hydrogen-bond donors (Lipinski definition) is 1. The van der Waals surface area contributed by atoms with Crippen LogP contribution in [0.15, 0.2) is 60.8 Å². The molecule has 0 aliphatic heterocycles. The normalized spacial score (nSPS) is 11.3. The molecule has 0 bridgehead atoms. The molecule has 33 heavy (non-hydrogen) atoms. The number of rotatable bonds is 4. The summed E-state index contributed by atoms with van der Waals surface area (Å²) in [4.78, 5) is 16.4. The lowest BCUT2D eigenvalue weighted by atomic mass is 10.00. The molecule has 0 spiro atoms. The van der Waals surface area contributed by atoms with E-state index in [1.807, 2.05) is 0 Å². The number of alkyl halides is 3. The molecule has 0 amide bonds. The Morgan fingerprint density at radius 2 is 1.76 bits per heavy atom. The van der Waals surface area contributed by atoms with E-state index in [0.717, 1.165) is 6.07 Å². The van der Waals surface area contributed by atoms with E-state index >= 15 is 0 Å². The van der Waals surface area contributed by atoms with Gasteiger partial charge in [-0.2, -0.15) is 18.3 Å². The van der Waals surface area contributed by atoms with Gasteiger partial charge in [0, 0.05) is 18.4 Å². The maximum Gasteiger partial charge on any atom is 0.416 e. The number of Topliss-reactive ketones (excluding diaryl/α,β-unsaturated/α-hetero) is 1. The van der Waals surface area contributed by atoms with Gasteiger partial charge in [0.15, 0.2) is 5.65 Å². The van der Waals surface area contributed by atoms with Crippen LogP contribution in [0.5, 0.6) is 0 Å². The molecular formula is C24H16F4N4O. The number of fused-ring (bicyclic) bond motifs is 1. The molecule has 0 unspecified atom stereocenters. The Morgan fingerprint density at radius 1 is 1.00 bits per heavy atom. The summed E-state index contributed by atoms with van der Waals surface area (Å²) in [7, 11) is 0. The van der Waals surface area contributed by atoms with Crippen molar-refractivity contribution in [2.45, 2.75) is 19.0 Å². The monoisotopic (exact) mass is 452 g/mol. The number of carbonyl (C=O) groups excluding carboxylic acids is 1.